The van der Waals surface area contributed by atoms with Crippen LogP contribution in [0.4, 0.5) is 4.79 Å². The molecule has 0 radical (unpaired) electrons. The van der Waals surface area contributed by atoms with Gasteiger partial charge in [0.15, 0.2) is 0 Å². The minimum absolute atomic E-state index is 0.0428. The van der Waals surface area contributed by atoms with Crippen LogP contribution in [0.1, 0.15) is 40.0 Å². The van der Waals surface area contributed by atoms with Crippen molar-refractivity contribution in [1.29, 1.82) is 0 Å². The second kappa shape index (κ2) is 5.38. The molecule has 0 aromatic rings. The third kappa shape index (κ3) is 3.40. The van der Waals surface area contributed by atoms with Gasteiger partial charge in [0.2, 0.25) is 0 Å². The molecule has 0 aromatic heterocycles. The fourth-order valence-corrected chi connectivity index (χ4v) is 2.42. The lowest BCUT2D eigenvalue weighted by atomic mass is 9.75. The maximum absolute atomic E-state index is 11.1. The van der Waals surface area contributed by atoms with E-state index < -0.39 is 6.16 Å². The van der Waals surface area contributed by atoms with Crippen molar-refractivity contribution >= 4 is 6.16 Å². The summed E-state index contributed by atoms with van der Waals surface area (Å²) >= 11 is 0. The van der Waals surface area contributed by atoms with Gasteiger partial charge in [0, 0.05) is 0 Å². The fourth-order valence-electron chi connectivity index (χ4n) is 2.42. The summed E-state index contributed by atoms with van der Waals surface area (Å²) in [5.74, 6) is 1.70. The first-order valence-electron chi connectivity index (χ1n) is 5.79. The molecule has 1 fully saturated rings. The molecule has 0 amide bonds. The van der Waals surface area contributed by atoms with Crippen molar-refractivity contribution in [2.45, 2.75) is 46.1 Å². The van der Waals surface area contributed by atoms with Crippen LogP contribution in [-0.2, 0) is 9.47 Å². The van der Waals surface area contributed by atoms with Crippen LogP contribution in [0, 0.1) is 17.8 Å². The van der Waals surface area contributed by atoms with Crippen molar-refractivity contribution in [3.8, 4) is 0 Å². The highest BCUT2D eigenvalue weighted by molar-refractivity contribution is 5.59. The van der Waals surface area contributed by atoms with Crippen LogP contribution in [0.5, 0.6) is 0 Å². The summed E-state index contributed by atoms with van der Waals surface area (Å²) in [5, 5.41) is 0. The van der Waals surface area contributed by atoms with E-state index in [0.717, 1.165) is 12.8 Å². The maximum atomic E-state index is 11.1. The minimum atomic E-state index is -0.542. The fraction of sp³-hybridized carbons (Fsp3) is 0.917. The van der Waals surface area contributed by atoms with E-state index >= 15 is 0 Å². The zero-order chi connectivity index (χ0) is 11.4. The Morgan fingerprint density at radius 2 is 2.00 bits per heavy atom. The van der Waals surface area contributed by atoms with Crippen LogP contribution in [-0.4, -0.2) is 19.4 Å². The average molecular weight is 214 g/mol. The lowest BCUT2D eigenvalue weighted by molar-refractivity contribution is -0.0248. The molecule has 1 aliphatic rings. The van der Waals surface area contributed by atoms with Crippen LogP contribution in [0.2, 0.25) is 0 Å². The Bertz CT molecular complexity index is 213. The van der Waals surface area contributed by atoms with Crippen molar-refractivity contribution in [3.63, 3.8) is 0 Å². The summed E-state index contributed by atoms with van der Waals surface area (Å²) in [4.78, 5) is 11.1. The number of ether oxygens (including phenoxy) is 2. The van der Waals surface area contributed by atoms with E-state index in [-0.39, 0.29) is 6.10 Å². The highest BCUT2D eigenvalue weighted by Gasteiger charge is 2.33. The third-order valence-corrected chi connectivity index (χ3v) is 3.38. The molecule has 0 spiro atoms. The summed E-state index contributed by atoms with van der Waals surface area (Å²) in [6.07, 6.45) is 2.86. The lowest BCUT2D eigenvalue weighted by Crippen LogP contribution is -2.35. The summed E-state index contributed by atoms with van der Waals surface area (Å²) in [6, 6.07) is 0. The van der Waals surface area contributed by atoms with Gasteiger partial charge in [-0.1, -0.05) is 27.2 Å². The molecular weight excluding hydrogens is 192 g/mol. The molecule has 15 heavy (non-hydrogen) atoms. The molecule has 1 aliphatic carbocycles. The van der Waals surface area contributed by atoms with E-state index in [1.54, 1.807) is 0 Å². The number of rotatable bonds is 2. The first kappa shape index (κ1) is 12.3. The Morgan fingerprint density at radius 1 is 1.33 bits per heavy atom. The average Bonchev–Trinajstić information content (AvgIpc) is 2.17. The van der Waals surface area contributed by atoms with Gasteiger partial charge in [-0.15, -0.1) is 0 Å². The number of hydrogen-bond acceptors (Lipinski definition) is 3. The standard InChI is InChI=1S/C12H22O3/c1-8(2)10-6-5-9(3)7-11(10)15-12(13)14-4/h8-11H,5-7H2,1-4H3/t9-,10?,11?/m1/s1. The molecule has 0 bridgehead atoms. The molecule has 1 rings (SSSR count). The Hall–Kier alpha value is -0.730. The molecule has 3 nitrogen and oxygen atoms in total. The molecule has 0 saturated heterocycles. The topological polar surface area (TPSA) is 35.5 Å². The molecule has 0 aliphatic heterocycles. The number of methoxy groups -OCH3 is 1. The van der Waals surface area contributed by atoms with Crippen molar-refractivity contribution in [3.05, 3.63) is 0 Å². The first-order valence-corrected chi connectivity index (χ1v) is 5.79. The van der Waals surface area contributed by atoms with E-state index in [4.69, 9.17) is 4.74 Å². The van der Waals surface area contributed by atoms with Crippen molar-refractivity contribution < 1.29 is 14.3 Å². The summed E-state index contributed by atoms with van der Waals surface area (Å²) in [5.41, 5.74) is 0. The molecule has 0 aromatic carbocycles. The highest BCUT2D eigenvalue weighted by atomic mass is 16.7. The second-order valence-corrected chi connectivity index (χ2v) is 4.94. The Balaban J connectivity index is 2.57. The Labute approximate surface area is 92.1 Å². The van der Waals surface area contributed by atoms with Gasteiger partial charge in [0.1, 0.15) is 6.10 Å². The second-order valence-electron chi connectivity index (χ2n) is 4.94. The van der Waals surface area contributed by atoms with Crippen LogP contribution < -0.4 is 0 Å². The Morgan fingerprint density at radius 3 is 2.53 bits per heavy atom. The van der Waals surface area contributed by atoms with E-state index in [1.165, 1.54) is 13.5 Å². The number of carbonyl (C=O) groups is 1. The molecule has 0 N–H and O–H groups in total. The predicted octanol–water partition coefficient (Wildman–Crippen LogP) is 3.23. The van der Waals surface area contributed by atoms with Gasteiger partial charge in [-0.05, 0) is 30.6 Å². The van der Waals surface area contributed by atoms with Crippen LogP contribution in [0.25, 0.3) is 0 Å². The molecular formula is C12H22O3. The SMILES string of the molecule is COC(=O)OC1C[C@H](C)CCC1C(C)C. The van der Waals surface area contributed by atoms with Crippen LogP contribution >= 0.6 is 0 Å². The lowest BCUT2D eigenvalue weighted by Gasteiger charge is -2.36. The Kier molecular flexibility index (Phi) is 4.43. The number of carbonyl (C=O) groups excluding carboxylic acids is 1. The largest absolute Gasteiger partial charge is 0.508 e. The van der Waals surface area contributed by atoms with Gasteiger partial charge >= 0.3 is 6.16 Å². The molecule has 88 valence electrons. The zero-order valence-corrected chi connectivity index (χ0v) is 10.2. The van der Waals surface area contributed by atoms with Gasteiger partial charge in [0.25, 0.3) is 0 Å². The normalized spacial score (nSPS) is 31.4. The molecule has 1 saturated carbocycles. The van der Waals surface area contributed by atoms with Crippen molar-refractivity contribution in [2.75, 3.05) is 7.11 Å². The molecule has 3 heteroatoms. The molecule has 2 unspecified atom stereocenters. The third-order valence-electron chi connectivity index (χ3n) is 3.38. The van der Waals surface area contributed by atoms with Crippen molar-refractivity contribution in [2.24, 2.45) is 17.8 Å². The summed E-state index contributed by atoms with van der Waals surface area (Å²) < 4.78 is 9.88. The van der Waals surface area contributed by atoms with Crippen LogP contribution in [0.15, 0.2) is 0 Å². The molecule has 3 atom stereocenters. The van der Waals surface area contributed by atoms with Gasteiger partial charge < -0.3 is 9.47 Å². The van der Waals surface area contributed by atoms with E-state index in [1.807, 2.05) is 0 Å². The highest BCUT2D eigenvalue weighted by Crippen LogP contribution is 2.35. The van der Waals surface area contributed by atoms with Crippen LogP contribution in [0.3, 0.4) is 0 Å². The van der Waals surface area contributed by atoms with Gasteiger partial charge in [-0.25, -0.2) is 4.79 Å². The quantitative estimate of drug-likeness (QED) is 0.662. The predicted molar refractivity (Wildman–Crippen MR) is 58.6 cm³/mol. The van der Waals surface area contributed by atoms with E-state index in [2.05, 4.69) is 25.5 Å². The van der Waals surface area contributed by atoms with Gasteiger partial charge in [0.05, 0.1) is 7.11 Å². The first-order chi connectivity index (χ1) is 7.04. The summed E-state index contributed by atoms with van der Waals surface area (Å²) in [7, 11) is 1.36. The number of hydrogen-bond donors (Lipinski definition) is 0. The molecule has 0 heterocycles. The van der Waals surface area contributed by atoms with Crippen molar-refractivity contribution in [1.82, 2.24) is 0 Å². The maximum Gasteiger partial charge on any atom is 0.508 e. The van der Waals surface area contributed by atoms with Gasteiger partial charge in [-0.2, -0.15) is 0 Å². The zero-order valence-electron chi connectivity index (χ0n) is 10.2. The monoisotopic (exact) mass is 214 g/mol. The van der Waals surface area contributed by atoms with Gasteiger partial charge in [-0.3, -0.25) is 0 Å². The minimum Gasteiger partial charge on any atom is -0.438 e. The van der Waals surface area contributed by atoms with E-state index in [0.29, 0.717) is 17.8 Å². The summed E-state index contributed by atoms with van der Waals surface area (Å²) in [6.45, 7) is 6.59. The van der Waals surface area contributed by atoms with E-state index in [9.17, 15) is 4.79 Å². The smallest absolute Gasteiger partial charge is 0.438 e.